The Morgan fingerprint density at radius 2 is 1.95 bits per heavy atom. The maximum atomic E-state index is 5.84. The van der Waals surface area contributed by atoms with E-state index in [1.54, 1.807) is 0 Å². The van der Waals surface area contributed by atoms with Gasteiger partial charge in [0.2, 0.25) is 0 Å². The topological polar surface area (TPSA) is 24.5 Å². The highest BCUT2D eigenvalue weighted by molar-refractivity contribution is 4.85. The van der Waals surface area contributed by atoms with Crippen LogP contribution in [0.25, 0.3) is 0 Å². The SMILES string of the molecule is CNCC1CN(C2CCCC(C(C)(C)C)CC2)CCO1. The first-order valence-corrected chi connectivity index (χ1v) is 8.51. The maximum absolute atomic E-state index is 5.84. The van der Waals surface area contributed by atoms with Crippen molar-refractivity contribution in [3.63, 3.8) is 0 Å². The van der Waals surface area contributed by atoms with Crippen LogP contribution in [0.1, 0.15) is 52.9 Å². The van der Waals surface area contributed by atoms with E-state index in [-0.39, 0.29) is 0 Å². The molecule has 0 bridgehead atoms. The van der Waals surface area contributed by atoms with Gasteiger partial charge in [-0.1, -0.05) is 27.2 Å². The third-order valence-corrected chi connectivity index (χ3v) is 5.28. The molecule has 3 nitrogen and oxygen atoms in total. The quantitative estimate of drug-likeness (QED) is 0.806. The van der Waals surface area contributed by atoms with Gasteiger partial charge in [0, 0.05) is 25.7 Å². The van der Waals surface area contributed by atoms with Crippen LogP contribution in [0.4, 0.5) is 0 Å². The van der Waals surface area contributed by atoms with Crippen molar-refractivity contribution in [3.05, 3.63) is 0 Å². The molecule has 0 radical (unpaired) electrons. The number of morpholine rings is 1. The molecule has 1 aliphatic heterocycles. The van der Waals surface area contributed by atoms with E-state index in [1.807, 2.05) is 7.05 Å². The Bertz CT molecular complexity index is 285. The van der Waals surface area contributed by atoms with Crippen LogP contribution in [-0.4, -0.2) is 50.3 Å². The number of nitrogens with one attached hydrogen (secondary N) is 1. The Balaban J connectivity index is 1.86. The predicted molar refractivity (Wildman–Crippen MR) is 85.1 cm³/mol. The van der Waals surface area contributed by atoms with Crippen molar-refractivity contribution in [1.82, 2.24) is 10.2 Å². The summed E-state index contributed by atoms with van der Waals surface area (Å²) >= 11 is 0. The van der Waals surface area contributed by atoms with Crippen LogP contribution in [0.3, 0.4) is 0 Å². The minimum atomic E-state index is 0.385. The molecule has 3 heteroatoms. The number of likely N-dealkylation sites (N-methyl/N-ethyl adjacent to an activating group) is 1. The second-order valence-corrected chi connectivity index (χ2v) is 7.77. The van der Waals surface area contributed by atoms with Gasteiger partial charge in [-0.15, -0.1) is 0 Å². The Morgan fingerprint density at radius 1 is 1.15 bits per heavy atom. The molecule has 20 heavy (non-hydrogen) atoms. The fourth-order valence-electron chi connectivity index (χ4n) is 3.94. The van der Waals surface area contributed by atoms with E-state index >= 15 is 0 Å². The van der Waals surface area contributed by atoms with Crippen LogP contribution in [0.2, 0.25) is 0 Å². The molecule has 1 aliphatic carbocycles. The van der Waals surface area contributed by atoms with Crippen molar-refractivity contribution in [2.45, 2.75) is 65.0 Å². The first-order chi connectivity index (χ1) is 9.50. The van der Waals surface area contributed by atoms with Crippen LogP contribution >= 0.6 is 0 Å². The van der Waals surface area contributed by atoms with Crippen molar-refractivity contribution in [2.24, 2.45) is 11.3 Å². The van der Waals surface area contributed by atoms with E-state index in [4.69, 9.17) is 4.74 Å². The number of rotatable bonds is 3. The summed E-state index contributed by atoms with van der Waals surface area (Å²) in [6.07, 6.45) is 7.38. The summed E-state index contributed by atoms with van der Waals surface area (Å²) < 4.78 is 5.84. The van der Waals surface area contributed by atoms with Crippen molar-refractivity contribution in [2.75, 3.05) is 33.3 Å². The zero-order valence-corrected chi connectivity index (χ0v) is 14.0. The smallest absolute Gasteiger partial charge is 0.0826 e. The highest BCUT2D eigenvalue weighted by Gasteiger charge is 2.31. The van der Waals surface area contributed by atoms with E-state index in [9.17, 15) is 0 Å². The second kappa shape index (κ2) is 7.24. The molecule has 0 aromatic carbocycles. The molecule has 0 aromatic heterocycles. The van der Waals surface area contributed by atoms with Gasteiger partial charge < -0.3 is 10.1 Å². The minimum Gasteiger partial charge on any atom is -0.374 e. The van der Waals surface area contributed by atoms with Crippen molar-refractivity contribution in [1.29, 1.82) is 0 Å². The van der Waals surface area contributed by atoms with E-state index in [0.29, 0.717) is 11.5 Å². The molecule has 1 saturated carbocycles. The fourth-order valence-corrected chi connectivity index (χ4v) is 3.94. The second-order valence-electron chi connectivity index (χ2n) is 7.77. The standard InChI is InChI=1S/C17H34N2O/c1-17(2,3)14-6-5-7-15(9-8-14)19-10-11-20-16(13-19)12-18-4/h14-16,18H,5-13H2,1-4H3. The van der Waals surface area contributed by atoms with Gasteiger partial charge in [0.05, 0.1) is 12.7 Å². The molecule has 3 unspecified atom stereocenters. The maximum Gasteiger partial charge on any atom is 0.0826 e. The summed E-state index contributed by atoms with van der Waals surface area (Å²) in [4.78, 5) is 2.70. The highest BCUT2D eigenvalue weighted by Crippen LogP contribution is 2.37. The summed E-state index contributed by atoms with van der Waals surface area (Å²) in [7, 11) is 2.02. The summed E-state index contributed by atoms with van der Waals surface area (Å²) in [6.45, 7) is 11.4. The van der Waals surface area contributed by atoms with Crippen LogP contribution in [0.15, 0.2) is 0 Å². The average Bonchev–Trinajstić information content (AvgIpc) is 2.64. The van der Waals surface area contributed by atoms with Crippen LogP contribution < -0.4 is 5.32 Å². The first kappa shape index (κ1) is 16.3. The van der Waals surface area contributed by atoms with E-state index in [2.05, 4.69) is 31.0 Å². The molecular formula is C17H34N2O. The molecule has 1 saturated heterocycles. The average molecular weight is 282 g/mol. The summed E-state index contributed by atoms with van der Waals surface area (Å²) in [5.41, 5.74) is 0.481. The fraction of sp³-hybridized carbons (Fsp3) is 1.00. The normalized spacial score (nSPS) is 33.9. The van der Waals surface area contributed by atoms with Gasteiger partial charge in [0.15, 0.2) is 0 Å². The molecule has 3 atom stereocenters. The predicted octanol–water partition coefficient (Wildman–Crippen LogP) is 2.90. The zero-order valence-electron chi connectivity index (χ0n) is 14.0. The van der Waals surface area contributed by atoms with Gasteiger partial charge in [0.25, 0.3) is 0 Å². The molecule has 2 fully saturated rings. The van der Waals surface area contributed by atoms with Crippen LogP contribution in [0.5, 0.6) is 0 Å². The molecule has 1 N–H and O–H groups in total. The van der Waals surface area contributed by atoms with Gasteiger partial charge in [0.1, 0.15) is 0 Å². The van der Waals surface area contributed by atoms with E-state index < -0.39 is 0 Å². The molecule has 0 aromatic rings. The number of nitrogens with zero attached hydrogens (tertiary/aromatic N) is 1. The lowest BCUT2D eigenvalue weighted by Gasteiger charge is -2.38. The van der Waals surface area contributed by atoms with Gasteiger partial charge in [-0.2, -0.15) is 0 Å². The summed E-state index contributed by atoms with van der Waals surface area (Å²) in [5.74, 6) is 0.904. The molecular weight excluding hydrogens is 248 g/mol. The molecule has 2 aliphatic rings. The molecule has 118 valence electrons. The largest absolute Gasteiger partial charge is 0.374 e. The first-order valence-electron chi connectivity index (χ1n) is 8.51. The highest BCUT2D eigenvalue weighted by atomic mass is 16.5. The molecule has 2 rings (SSSR count). The van der Waals surface area contributed by atoms with Crippen LogP contribution in [0, 0.1) is 11.3 Å². The lowest BCUT2D eigenvalue weighted by Crippen LogP contribution is -2.50. The molecule has 0 amide bonds. The van der Waals surface area contributed by atoms with Crippen molar-refractivity contribution in [3.8, 4) is 0 Å². The number of hydrogen-bond acceptors (Lipinski definition) is 3. The van der Waals surface area contributed by atoms with Gasteiger partial charge in [-0.05, 0) is 44.1 Å². The van der Waals surface area contributed by atoms with E-state index in [1.165, 1.54) is 32.1 Å². The van der Waals surface area contributed by atoms with Gasteiger partial charge >= 0.3 is 0 Å². The van der Waals surface area contributed by atoms with Crippen molar-refractivity contribution < 1.29 is 4.74 Å². The monoisotopic (exact) mass is 282 g/mol. The Kier molecular flexibility index (Phi) is 5.88. The molecule has 1 heterocycles. The number of ether oxygens (including phenoxy) is 1. The Labute approximate surface area is 125 Å². The van der Waals surface area contributed by atoms with Gasteiger partial charge in [-0.25, -0.2) is 0 Å². The lowest BCUT2D eigenvalue weighted by atomic mass is 9.76. The van der Waals surface area contributed by atoms with Crippen molar-refractivity contribution >= 4 is 0 Å². The third kappa shape index (κ3) is 4.44. The minimum absolute atomic E-state index is 0.385. The number of hydrogen-bond donors (Lipinski definition) is 1. The van der Waals surface area contributed by atoms with E-state index in [0.717, 1.165) is 38.2 Å². The molecule has 0 spiro atoms. The Morgan fingerprint density at radius 3 is 2.65 bits per heavy atom. The summed E-state index contributed by atoms with van der Waals surface area (Å²) in [6, 6.07) is 0.797. The van der Waals surface area contributed by atoms with Crippen LogP contribution in [-0.2, 0) is 4.74 Å². The zero-order chi connectivity index (χ0) is 14.6. The lowest BCUT2D eigenvalue weighted by molar-refractivity contribution is -0.0435. The van der Waals surface area contributed by atoms with Gasteiger partial charge in [-0.3, -0.25) is 4.90 Å². The third-order valence-electron chi connectivity index (χ3n) is 5.28. The Hall–Kier alpha value is -0.120. The summed E-state index contributed by atoms with van der Waals surface area (Å²) in [5, 5.41) is 3.25.